The van der Waals surface area contributed by atoms with Crippen molar-refractivity contribution in [2.24, 2.45) is 0 Å². The van der Waals surface area contributed by atoms with Gasteiger partial charge in [0, 0.05) is 31.0 Å². The van der Waals surface area contributed by atoms with Crippen LogP contribution < -0.4 is 15.6 Å². The van der Waals surface area contributed by atoms with Crippen molar-refractivity contribution in [3.8, 4) is 28.2 Å². The molecule has 2 aromatic heterocycles. The monoisotopic (exact) mass is 381 g/mol. The number of nitrogens with one attached hydrogen (secondary N) is 2. The Morgan fingerprint density at radius 2 is 1.96 bits per heavy atom. The number of amides is 1. The van der Waals surface area contributed by atoms with Gasteiger partial charge in [0.05, 0.1) is 6.20 Å². The second-order valence-corrected chi connectivity index (χ2v) is 6.38. The molecule has 0 spiro atoms. The lowest BCUT2D eigenvalue weighted by Gasteiger charge is -2.13. The van der Waals surface area contributed by atoms with Crippen LogP contribution in [0.15, 0.2) is 59.7 Å². The molecule has 0 bridgehead atoms. The van der Waals surface area contributed by atoms with Crippen molar-refractivity contribution in [2.75, 3.05) is 33.8 Å². The molecule has 0 aliphatic rings. The van der Waals surface area contributed by atoms with Gasteiger partial charge in [0.25, 0.3) is 5.91 Å². The summed E-state index contributed by atoms with van der Waals surface area (Å²) in [6, 6.07) is 9.37. The predicted octanol–water partition coefficient (Wildman–Crippen LogP) is 1.96. The highest BCUT2D eigenvalue weighted by Crippen LogP contribution is 2.34. The first-order valence-electron chi connectivity index (χ1n) is 8.86. The lowest BCUT2D eigenvalue weighted by Crippen LogP contribution is -2.43. The minimum absolute atomic E-state index is 0.0909. The molecule has 0 aliphatic heterocycles. The number of rotatable bonds is 9. The highest BCUT2D eigenvalue weighted by molar-refractivity contribution is 5.82. The molecule has 8 heteroatoms. The van der Waals surface area contributed by atoms with E-state index in [4.69, 9.17) is 9.15 Å². The van der Waals surface area contributed by atoms with Crippen LogP contribution in [0.4, 0.5) is 0 Å². The van der Waals surface area contributed by atoms with Gasteiger partial charge in [-0.3, -0.25) is 15.2 Å². The van der Waals surface area contributed by atoms with Gasteiger partial charge in [-0.05, 0) is 55.6 Å². The number of carbonyl (C=O) groups is 1. The molecule has 0 radical (unpaired) electrons. The molecule has 8 nitrogen and oxygen atoms in total. The summed E-state index contributed by atoms with van der Waals surface area (Å²) in [5.41, 5.74) is 8.23. The third kappa shape index (κ3) is 5.38. The molecule has 2 heterocycles. The average molecular weight is 381 g/mol. The SMILES string of the molecule is CN(C)CCNNC(=O)COc1ccc(-c2cnco2)c(-c2ccncc2)c1. The number of likely N-dealkylation sites (N-methyl/N-ethyl adjacent to an activating group) is 1. The van der Waals surface area contributed by atoms with Gasteiger partial charge in [-0.2, -0.15) is 0 Å². The maximum absolute atomic E-state index is 11.9. The standard InChI is InChI=1S/C20H23N5O3/c1-25(2)10-9-23-24-20(26)13-27-16-3-4-17(19-12-22-14-28-19)18(11-16)15-5-7-21-8-6-15/h3-8,11-12,14,23H,9-10,13H2,1-2H3,(H,24,26). The predicted molar refractivity (Wildman–Crippen MR) is 105 cm³/mol. The van der Waals surface area contributed by atoms with Crippen molar-refractivity contribution in [1.82, 2.24) is 25.7 Å². The van der Waals surface area contributed by atoms with E-state index in [1.165, 1.54) is 6.39 Å². The number of benzene rings is 1. The van der Waals surface area contributed by atoms with Crippen molar-refractivity contribution in [2.45, 2.75) is 0 Å². The Morgan fingerprint density at radius 1 is 1.14 bits per heavy atom. The smallest absolute Gasteiger partial charge is 0.271 e. The van der Waals surface area contributed by atoms with Gasteiger partial charge in [-0.1, -0.05) is 0 Å². The fraction of sp³-hybridized carbons (Fsp3) is 0.250. The molecule has 146 valence electrons. The van der Waals surface area contributed by atoms with Gasteiger partial charge >= 0.3 is 0 Å². The molecule has 1 amide bonds. The molecule has 28 heavy (non-hydrogen) atoms. The van der Waals surface area contributed by atoms with Gasteiger partial charge in [0.2, 0.25) is 0 Å². The van der Waals surface area contributed by atoms with Crippen LogP contribution in [0.1, 0.15) is 0 Å². The number of oxazole rings is 1. The quantitative estimate of drug-likeness (QED) is 0.432. The van der Waals surface area contributed by atoms with E-state index in [1.54, 1.807) is 24.7 Å². The molecule has 0 saturated carbocycles. The summed E-state index contributed by atoms with van der Waals surface area (Å²) in [7, 11) is 3.94. The van der Waals surface area contributed by atoms with E-state index in [0.717, 1.165) is 23.2 Å². The first kappa shape index (κ1) is 19.5. The third-order valence-corrected chi connectivity index (χ3v) is 3.96. The molecular weight excluding hydrogens is 358 g/mol. The Morgan fingerprint density at radius 3 is 2.68 bits per heavy atom. The highest BCUT2D eigenvalue weighted by Gasteiger charge is 2.12. The van der Waals surface area contributed by atoms with E-state index in [0.29, 0.717) is 18.1 Å². The van der Waals surface area contributed by atoms with Crippen LogP contribution in [-0.2, 0) is 4.79 Å². The summed E-state index contributed by atoms with van der Waals surface area (Å²) >= 11 is 0. The van der Waals surface area contributed by atoms with Crippen LogP contribution in [0.25, 0.3) is 22.5 Å². The van der Waals surface area contributed by atoms with E-state index in [9.17, 15) is 4.79 Å². The summed E-state index contributed by atoms with van der Waals surface area (Å²) in [4.78, 5) is 22.0. The number of nitrogens with zero attached hydrogens (tertiary/aromatic N) is 3. The number of ether oxygens (including phenoxy) is 1. The first-order valence-corrected chi connectivity index (χ1v) is 8.86. The number of aromatic nitrogens is 2. The van der Waals surface area contributed by atoms with E-state index in [-0.39, 0.29) is 12.5 Å². The highest BCUT2D eigenvalue weighted by atomic mass is 16.5. The summed E-state index contributed by atoms with van der Waals surface area (Å²) < 4.78 is 11.1. The average Bonchev–Trinajstić information content (AvgIpc) is 3.25. The molecule has 0 aliphatic carbocycles. The van der Waals surface area contributed by atoms with Gasteiger partial charge < -0.3 is 14.1 Å². The van der Waals surface area contributed by atoms with Crippen LogP contribution in [0.3, 0.4) is 0 Å². The fourth-order valence-corrected chi connectivity index (χ4v) is 2.57. The topological polar surface area (TPSA) is 92.5 Å². The number of hydrazine groups is 1. The van der Waals surface area contributed by atoms with Gasteiger partial charge in [-0.15, -0.1) is 0 Å². The van der Waals surface area contributed by atoms with Gasteiger partial charge in [0.1, 0.15) is 5.75 Å². The number of carbonyl (C=O) groups excluding carboxylic acids is 1. The van der Waals surface area contributed by atoms with Gasteiger partial charge in [0.15, 0.2) is 18.8 Å². The molecule has 0 fully saturated rings. The minimum atomic E-state index is -0.247. The van der Waals surface area contributed by atoms with E-state index >= 15 is 0 Å². The Labute approximate surface area is 163 Å². The van der Waals surface area contributed by atoms with Crippen LogP contribution in [0, 0.1) is 0 Å². The maximum Gasteiger partial charge on any atom is 0.271 e. The van der Waals surface area contributed by atoms with E-state index in [2.05, 4.69) is 20.8 Å². The van der Waals surface area contributed by atoms with Crippen molar-refractivity contribution in [3.05, 3.63) is 55.3 Å². The Bertz CT molecular complexity index is 882. The zero-order valence-corrected chi connectivity index (χ0v) is 15.9. The van der Waals surface area contributed by atoms with E-state index < -0.39 is 0 Å². The van der Waals surface area contributed by atoms with Crippen molar-refractivity contribution < 1.29 is 13.9 Å². The Kier molecular flexibility index (Phi) is 6.72. The minimum Gasteiger partial charge on any atom is -0.484 e. The first-order chi connectivity index (χ1) is 13.6. The second-order valence-electron chi connectivity index (χ2n) is 6.38. The lowest BCUT2D eigenvalue weighted by molar-refractivity contribution is -0.124. The van der Waals surface area contributed by atoms with Crippen LogP contribution in [-0.4, -0.2) is 54.6 Å². The van der Waals surface area contributed by atoms with Crippen molar-refractivity contribution in [3.63, 3.8) is 0 Å². The van der Waals surface area contributed by atoms with Gasteiger partial charge in [-0.25, -0.2) is 10.4 Å². The summed E-state index contributed by atoms with van der Waals surface area (Å²) in [6.45, 7) is 1.38. The summed E-state index contributed by atoms with van der Waals surface area (Å²) in [5, 5.41) is 0. The van der Waals surface area contributed by atoms with Crippen LogP contribution >= 0.6 is 0 Å². The molecular formula is C20H23N5O3. The normalized spacial score (nSPS) is 10.8. The molecule has 0 unspecified atom stereocenters. The van der Waals surface area contributed by atoms with E-state index in [1.807, 2.05) is 43.3 Å². The number of hydrogen-bond donors (Lipinski definition) is 2. The van der Waals surface area contributed by atoms with Crippen LogP contribution in [0.2, 0.25) is 0 Å². The van der Waals surface area contributed by atoms with Crippen LogP contribution in [0.5, 0.6) is 5.75 Å². The summed E-state index contributed by atoms with van der Waals surface area (Å²) in [6.07, 6.45) is 6.50. The molecule has 0 saturated heterocycles. The third-order valence-electron chi connectivity index (χ3n) is 3.96. The second kappa shape index (κ2) is 9.63. The maximum atomic E-state index is 11.9. The molecule has 3 rings (SSSR count). The van der Waals surface area contributed by atoms with Crippen molar-refractivity contribution in [1.29, 1.82) is 0 Å². The molecule has 3 aromatic rings. The Balaban J connectivity index is 1.68. The number of pyridine rings is 1. The molecule has 1 aromatic carbocycles. The zero-order chi connectivity index (χ0) is 19.8. The summed E-state index contributed by atoms with van der Waals surface area (Å²) in [5.74, 6) is 0.989. The fourth-order valence-electron chi connectivity index (χ4n) is 2.57. The largest absolute Gasteiger partial charge is 0.484 e. The Hall–Kier alpha value is -3.23. The molecule has 0 atom stereocenters. The number of hydrogen-bond acceptors (Lipinski definition) is 7. The molecule has 2 N–H and O–H groups in total. The van der Waals surface area contributed by atoms with Crippen molar-refractivity contribution >= 4 is 5.91 Å². The zero-order valence-electron chi connectivity index (χ0n) is 15.9. The lowest BCUT2D eigenvalue weighted by atomic mass is 9.99.